The summed E-state index contributed by atoms with van der Waals surface area (Å²) in [6.07, 6.45) is 5.51. The summed E-state index contributed by atoms with van der Waals surface area (Å²) in [5, 5.41) is 14.4. The first-order valence-corrected chi connectivity index (χ1v) is 6.92. The number of amidine groups is 1. The van der Waals surface area contributed by atoms with Crippen LogP contribution in [0, 0.1) is 5.41 Å². The van der Waals surface area contributed by atoms with Gasteiger partial charge in [-0.3, -0.25) is 4.79 Å². The van der Waals surface area contributed by atoms with Crippen molar-refractivity contribution in [2.24, 2.45) is 16.3 Å². The Morgan fingerprint density at radius 3 is 2.68 bits per heavy atom. The summed E-state index contributed by atoms with van der Waals surface area (Å²) in [7, 11) is 0. The molecular weight excluding hydrogens is 246 g/mol. The van der Waals surface area contributed by atoms with Gasteiger partial charge in [-0.05, 0) is 26.2 Å². The summed E-state index contributed by atoms with van der Waals surface area (Å²) in [5.74, 6) is -0.301. The van der Waals surface area contributed by atoms with E-state index >= 15 is 0 Å². The van der Waals surface area contributed by atoms with E-state index in [1.807, 2.05) is 6.92 Å². The highest BCUT2D eigenvalue weighted by Gasteiger charge is 2.36. The summed E-state index contributed by atoms with van der Waals surface area (Å²) < 4.78 is 5.66. The third-order valence-corrected chi connectivity index (χ3v) is 3.92. The Hall–Kier alpha value is -1.30. The van der Waals surface area contributed by atoms with Crippen molar-refractivity contribution in [3.63, 3.8) is 0 Å². The highest BCUT2D eigenvalue weighted by Crippen LogP contribution is 2.22. The van der Waals surface area contributed by atoms with Crippen LogP contribution in [0.25, 0.3) is 0 Å². The maximum Gasteiger partial charge on any atom is 0.233 e. The minimum atomic E-state index is -0.970. The van der Waals surface area contributed by atoms with E-state index in [0.717, 1.165) is 12.8 Å². The van der Waals surface area contributed by atoms with Crippen molar-refractivity contribution in [2.45, 2.75) is 52.1 Å². The van der Waals surface area contributed by atoms with Crippen LogP contribution in [0.4, 0.5) is 0 Å². The normalized spacial score (nSPS) is 20.2. The van der Waals surface area contributed by atoms with Gasteiger partial charge in [-0.1, -0.05) is 24.9 Å². The molecule has 1 unspecified atom stereocenters. The summed E-state index contributed by atoms with van der Waals surface area (Å²) in [4.78, 5) is 12.1. The largest absolute Gasteiger partial charge is 0.409 e. The van der Waals surface area contributed by atoms with Crippen LogP contribution in [0.5, 0.6) is 0 Å². The first-order chi connectivity index (χ1) is 9.04. The number of carbonyl (C=O) groups excluding carboxylic acids is 1. The van der Waals surface area contributed by atoms with Gasteiger partial charge in [0.1, 0.15) is 5.41 Å². The van der Waals surface area contributed by atoms with E-state index in [1.165, 1.54) is 12.8 Å². The molecule has 0 spiro atoms. The number of nitrogens with zero attached hydrogens (tertiary/aromatic N) is 1. The molecule has 1 amide bonds. The van der Waals surface area contributed by atoms with E-state index in [-0.39, 0.29) is 11.7 Å². The third kappa shape index (κ3) is 4.09. The fraction of sp³-hybridized carbons (Fsp3) is 0.846. The fourth-order valence-corrected chi connectivity index (χ4v) is 2.21. The molecule has 6 nitrogen and oxygen atoms in total. The van der Waals surface area contributed by atoms with Crippen molar-refractivity contribution in [3.05, 3.63) is 0 Å². The maximum absolute atomic E-state index is 12.1. The Balaban J connectivity index is 2.32. The highest BCUT2D eigenvalue weighted by molar-refractivity contribution is 6.06. The Kier molecular flexibility index (Phi) is 6.08. The van der Waals surface area contributed by atoms with Crippen molar-refractivity contribution in [1.29, 1.82) is 0 Å². The van der Waals surface area contributed by atoms with Crippen LogP contribution in [0.2, 0.25) is 0 Å². The minimum absolute atomic E-state index is 0.0655. The molecule has 1 aliphatic rings. The highest BCUT2D eigenvalue weighted by atomic mass is 16.5. The molecule has 0 aromatic heterocycles. The molecule has 1 rings (SSSR count). The third-order valence-electron chi connectivity index (χ3n) is 3.92. The predicted molar refractivity (Wildman–Crippen MR) is 73.0 cm³/mol. The maximum atomic E-state index is 12.1. The molecule has 1 saturated carbocycles. The van der Waals surface area contributed by atoms with Gasteiger partial charge in [0.15, 0.2) is 5.84 Å². The van der Waals surface area contributed by atoms with E-state index in [0.29, 0.717) is 25.7 Å². The van der Waals surface area contributed by atoms with Gasteiger partial charge in [-0.2, -0.15) is 0 Å². The van der Waals surface area contributed by atoms with E-state index in [1.54, 1.807) is 6.92 Å². The Morgan fingerprint density at radius 1 is 1.53 bits per heavy atom. The molecule has 1 aliphatic carbocycles. The number of hydrogen-bond acceptors (Lipinski definition) is 4. The number of oxime groups is 1. The molecule has 0 heterocycles. The number of amides is 1. The first kappa shape index (κ1) is 15.8. The van der Waals surface area contributed by atoms with E-state index in [9.17, 15) is 4.79 Å². The fourth-order valence-electron chi connectivity index (χ4n) is 2.21. The molecule has 110 valence electrons. The number of hydrogen-bond donors (Lipinski definition) is 3. The second-order valence-electron chi connectivity index (χ2n) is 5.20. The van der Waals surface area contributed by atoms with Gasteiger partial charge in [0.05, 0.1) is 12.7 Å². The Morgan fingerprint density at radius 2 is 2.16 bits per heavy atom. The zero-order chi connectivity index (χ0) is 14.3. The summed E-state index contributed by atoms with van der Waals surface area (Å²) in [6.45, 7) is 4.44. The van der Waals surface area contributed by atoms with Crippen LogP contribution in [-0.4, -0.2) is 36.2 Å². The average molecular weight is 271 g/mol. The molecule has 6 heteroatoms. The Labute approximate surface area is 114 Å². The van der Waals surface area contributed by atoms with Crippen LogP contribution in [-0.2, 0) is 9.53 Å². The number of carbonyl (C=O) groups is 1. The van der Waals surface area contributed by atoms with Gasteiger partial charge in [0.25, 0.3) is 0 Å². The summed E-state index contributed by atoms with van der Waals surface area (Å²) in [6, 6.07) is 0. The minimum Gasteiger partial charge on any atom is -0.409 e. The van der Waals surface area contributed by atoms with Gasteiger partial charge >= 0.3 is 0 Å². The van der Waals surface area contributed by atoms with Crippen LogP contribution in [0.1, 0.15) is 46.0 Å². The van der Waals surface area contributed by atoms with Crippen LogP contribution in [0.3, 0.4) is 0 Å². The SMILES string of the molecule is CCC(C)(C(=O)NCCOC1CCCC1)C(N)=NO. The van der Waals surface area contributed by atoms with Crippen molar-refractivity contribution in [2.75, 3.05) is 13.2 Å². The molecule has 0 bridgehead atoms. The molecule has 19 heavy (non-hydrogen) atoms. The summed E-state index contributed by atoms with van der Waals surface area (Å²) in [5.41, 5.74) is 4.60. The quantitative estimate of drug-likeness (QED) is 0.213. The lowest BCUT2D eigenvalue weighted by Crippen LogP contribution is -2.48. The second kappa shape index (κ2) is 7.33. The standard InChI is InChI=1S/C13H25N3O3/c1-3-13(2,11(14)16-18)12(17)15-8-9-19-10-6-4-5-7-10/h10,18H,3-9H2,1-2H3,(H2,14,16)(H,15,17). The molecule has 4 N–H and O–H groups in total. The van der Waals surface area contributed by atoms with Crippen molar-refractivity contribution >= 4 is 11.7 Å². The van der Waals surface area contributed by atoms with Crippen LogP contribution >= 0.6 is 0 Å². The van der Waals surface area contributed by atoms with Gasteiger partial charge in [0, 0.05) is 6.54 Å². The zero-order valence-electron chi connectivity index (χ0n) is 11.8. The number of nitrogens with one attached hydrogen (secondary N) is 1. The number of ether oxygens (including phenoxy) is 1. The molecule has 0 aromatic carbocycles. The molecular formula is C13H25N3O3. The van der Waals surface area contributed by atoms with Gasteiger partial charge in [-0.25, -0.2) is 0 Å². The van der Waals surface area contributed by atoms with E-state index < -0.39 is 5.41 Å². The monoisotopic (exact) mass is 271 g/mol. The topological polar surface area (TPSA) is 96.9 Å². The predicted octanol–water partition coefficient (Wildman–Crippen LogP) is 1.22. The van der Waals surface area contributed by atoms with Crippen molar-refractivity contribution in [3.8, 4) is 0 Å². The molecule has 0 radical (unpaired) electrons. The van der Waals surface area contributed by atoms with Crippen LogP contribution in [0.15, 0.2) is 5.16 Å². The summed E-state index contributed by atoms with van der Waals surface area (Å²) >= 11 is 0. The lowest BCUT2D eigenvalue weighted by atomic mass is 9.85. The van der Waals surface area contributed by atoms with Crippen molar-refractivity contribution < 1.29 is 14.7 Å². The smallest absolute Gasteiger partial charge is 0.233 e. The molecule has 0 saturated heterocycles. The zero-order valence-corrected chi connectivity index (χ0v) is 11.8. The second-order valence-corrected chi connectivity index (χ2v) is 5.20. The van der Waals surface area contributed by atoms with E-state index in [4.69, 9.17) is 15.7 Å². The molecule has 0 aromatic rings. The van der Waals surface area contributed by atoms with Crippen molar-refractivity contribution in [1.82, 2.24) is 5.32 Å². The number of rotatable bonds is 7. The Bertz CT molecular complexity index is 327. The first-order valence-electron chi connectivity index (χ1n) is 6.92. The van der Waals surface area contributed by atoms with Crippen LogP contribution < -0.4 is 11.1 Å². The lowest BCUT2D eigenvalue weighted by Gasteiger charge is -2.25. The van der Waals surface area contributed by atoms with Gasteiger partial charge in [0.2, 0.25) is 5.91 Å². The average Bonchev–Trinajstić information content (AvgIpc) is 2.94. The molecule has 1 fully saturated rings. The van der Waals surface area contributed by atoms with E-state index in [2.05, 4.69) is 10.5 Å². The molecule has 0 aliphatic heterocycles. The molecule has 1 atom stereocenters. The van der Waals surface area contributed by atoms with Gasteiger partial charge in [-0.15, -0.1) is 0 Å². The number of nitrogens with two attached hydrogens (primary N) is 1. The lowest BCUT2D eigenvalue weighted by molar-refractivity contribution is -0.127. The van der Waals surface area contributed by atoms with Gasteiger partial charge < -0.3 is 21.0 Å².